The van der Waals surface area contributed by atoms with Crippen LogP contribution >= 0.6 is 0 Å². The Morgan fingerprint density at radius 1 is 1.03 bits per heavy atom. The SMILES string of the molecule is O=C(Nc1cccc(-n2nccn2)c1)NC1[C@H]2CN(c3ccc(F)cc3F)C[C@@H]12. The summed E-state index contributed by atoms with van der Waals surface area (Å²) in [6.07, 6.45) is 3.17. The Bertz CT molecular complexity index is 1040. The number of halogens is 2. The molecule has 3 aromatic rings. The molecule has 29 heavy (non-hydrogen) atoms. The number of piperidine rings is 1. The number of nitrogens with zero attached hydrogens (tertiary/aromatic N) is 4. The Balaban J connectivity index is 1.17. The molecule has 1 saturated carbocycles. The molecule has 5 rings (SSSR count). The van der Waals surface area contributed by atoms with E-state index in [1.165, 1.54) is 16.9 Å². The number of aromatic nitrogens is 3. The van der Waals surface area contributed by atoms with Gasteiger partial charge in [0.15, 0.2) is 0 Å². The number of carbonyl (C=O) groups excluding carboxylic acids is 1. The summed E-state index contributed by atoms with van der Waals surface area (Å²) in [7, 11) is 0. The van der Waals surface area contributed by atoms with E-state index in [2.05, 4.69) is 20.8 Å². The van der Waals surface area contributed by atoms with Crippen LogP contribution < -0.4 is 15.5 Å². The molecule has 2 heterocycles. The maximum atomic E-state index is 14.0. The molecule has 1 aromatic heterocycles. The van der Waals surface area contributed by atoms with Gasteiger partial charge in [-0.15, -0.1) is 0 Å². The van der Waals surface area contributed by atoms with Crippen molar-refractivity contribution in [3.05, 3.63) is 66.5 Å². The second-order valence-corrected chi connectivity index (χ2v) is 7.32. The molecule has 2 fully saturated rings. The molecule has 2 amide bonds. The van der Waals surface area contributed by atoms with E-state index in [4.69, 9.17) is 0 Å². The number of hydrogen-bond donors (Lipinski definition) is 2. The summed E-state index contributed by atoms with van der Waals surface area (Å²) in [5.41, 5.74) is 1.79. The van der Waals surface area contributed by atoms with Gasteiger partial charge in [-0.25, -0.2) is 13.6 Å². The fourth-order valence-electron chi connectivity index (χ4n) is 4.05. The average Bonchev–Trinajstić information content (AvgIpc) is 3.13. The second kappa shape index (κ2) is 6.84. The Hall–Kier alpha value is -3.49. The Morgan fingerprint density at radius 3 is 2.52 bits per heavy atom. The van der Waals surface area contributed by atoms with Crippen molar-refractivity contribution in [1.82, 2.24) is 20.3 Å². The number of fused-ring (bicyclic) bond motifs is 1. The van der Waals surface area contributed by atoms with Crippen LogP contribution in [0, 0.1) is 23.5 Å². The standard InChI is InChI=1S/C20H18F2N6O/c21-12-4-5-18(17(22)8-12)27-10-15-16(11-27)19(15)26-20(29)25-13-2-1-3-14(9-13)28-23-6-7-24-28/h1-9,15-16,19H,10-11H2,(H2,25,26,29)/t15-,16+,19?. The van der Waals surface area contributed by atoms with Crippen molar-refractivity contribution >= 4 is 17.4 Å². The molecule has 9 heteroatoms. The van der Waals surface area contributed by atoms with Gasteiger partial charge in [0.05, 0.1) is 23.8 Å². The normalized spacial score (nSPS) is 22.3. The van der Waals surface area contributed by atoms with E-state index in [9.17, 15) is 13.6 Å². The molecule has 1 aliphatic carbocycles. The number of carbonyl (C=O) groups is 1. The summed E-state index contributed by atoms with van der Waals surface area (Å²) < 4.78 is 27.0. The molecular formula is C20H18F2N6O. The first-order valence-corrected chi connectivity index (χ1v) is 9.33. The molecule has 2 aromatic carbocycles. The van der Waals surface area contributed by atoms with Crippen LogP contribution in [0.25, 0.3) is 5.69 Å². The van der Waals surface area contributed by atoms with Gasteiger partial charge in [0.25, 0.3) is 0 Å². The third-order valence-corrected chi connectivity index (χ3v) is 5.50. The topological polar surface area (TPSA) is 75.1 Å². The number of amides is 2. The minimum Gasteiger partial charge on any atom is -0.368 e. The van der Waals surface area contributed by atoms with E-state index in [0.717, 1.165) is 11.8 Å². The first-order chi connectivity index (χ1) is 14.1. The van der Waals surface area contributed by atoms with E-state index >= 15 is 0 Å². The van der Waals surface area contributed by atoms with Crippen LogP contribution in [0.5, 0.6) is 0 Å². The fraction of sp³-hybridized carbons (Fsp3) is 0.250. The molecule has 0 radical (unpaired) electrons. The number of benzene rings is 2. The predicted molar refractivity (Wildman–Crippen MR) is 103 cm³/mol. The minimum atomic E-state index is -0.584. The van der Waals surface area contributed by atoms with Crippen LogP contribution in [0.1, 0.15) is 0 Å². The number of hydrogen-bond acceptors (Lipinski definition) is 4. The van der Waals surface area contributed by atoms with Gasteiger partial charge in [0, 0.05) is 42.7 Å². The van der Waals surface area contributed by atoms with E-state index in [1.807, 2.05) is 17.0 Å². The highest BCUT2D eigenvalue weighted by Gasteiger charge is 2.56. The lowest BCUT2D eigenvalue weighted by molar-refractivity contribution is 0.250. The van der Waals surface area contributed by atoms with Crippen molar-refractivity contribution in [1.29, 1.82) is 0 Å². The summed E-state index contributed by atoms with van der Waals surface area (Å²) in [4.78, 5) is 15.7. The van der Waals surface area contributed by atoms with E-state index in [1.54, 1.807) is 24.5 Å². The average molecular weight is 396 g/mol. The Labute approximate surface area is 165 Å². The van der Waals surface area contributed by atoms with E-state index in [-0.39, 0.29) is 23.9 Å². The zero-order valence-corrected chi connectivity index (χ0v) is 15.3. The largest absolute Gasteiger partial charge is 0.368 e. The highest BCUT2D eigenvalue weighted by atomic mass is 19.1. The van der Waals surface area contributed by atoms with Gasteiger partial charge < -0.3 is 15.5 Å². The molecule has 2 aliphatic rings. The first kappa shape index (κ1) is 17.6. The van der Waals surface area contributed by atoms with Crippen molar-refractivity contribution in [2.75, 3.05) is 23.3 Å². The Kier molecular flexibility index (Phi) is 4.15. The highest BCUT2D eigenvalue weighted by Crippen LogP contribution is 2.47. The molecule has 7 nitrogen and oxygen atoms in total. The van der Waals surface area contributed by atoms with Gasteiger partial charge in [-0.3, -0.25) is 0 Å². The molecule has 148 valence electrons. The predicted octanol–water partition coefficient (Wildman–Crippen LogP) is 2.80. The number of urea groups is 1. The number of rotatable bonds is 4. The summed E-state index contributed by atoms with van der Waals surface area (Å²) in [6, 6.07) is 10.6. The van der Waals surface area contributed by atoms with E-state index < -0.39 is 11.6 Å². The molecular weight excluding hydrogens is 378 g/mol. The lowest BCUT2D eigenvalue weighted by Gasteiger charge is -2.23. The zero-order chi connectivity index (χ0) is 20.0. The van der Waals surface area contributed by atoms with E-state index in [0.29, 0.717) is 24.5 Å². The van der Waals surface area contributed by atoms with Crippen LogP contribution in [0.4, 0.5) is 25.0 Å². The minimum absolute atomic E-state index is 0.0609. The third-order valence-electron chi connectivity index (χ3n) is 5.50. The van der Waals surface area contributed by atoms with Crippen molar-refractivity contribution in [2.45, 2.75) is 6.04 Å². The fourth-order valence-corrected chi connectivity index (χ4v) is 4.05. The van der Waals surface area contributed by atoms with Crippen molar-refractivity contribution in [3.8, 4) is 5.69 Å². The van der Waals surface area contributed by atoms with Crippen LogP contribution in [0.15, 0.2) is 54.9 Å². The molecule has 1 aliphatic heterocycles. The summed E-state index contributed by atoms with van der Waals surface area (Å²) >= 11 is 0. The molecule has 3 atom stereocenters. The van der Waals surface area contributed by atoms with Crippen molar-refractivity contribution < 1.29 is 13.6 Å². The molecule has 2 N–H and O–H groups in total. The lowest BCUT2D eigenvalue weighted by Crippen LogP contribution is -2.37. The van der Waals surface area contributed by atoms with Gasteiger partial charge in [-0.1, -0.05) is 6.07 Å². The molecule has 0 spiro atoms. The number of nitrogens with one attached hydrogen (secondary N) is 2. The zero-order valence-electron chi connectivity index (χ0n) is 15.3. The summed E-state index contributed by atoms with van der Waals surface area (Å²) in [5, 5.41) is 14.0. The molecule has 0 bridgehead atoms. The summed E-state index contributed by atoms with van der Waals surface area (Å²) in [5.74, 6) is -0.603. The van der Waals surface area contributed by atoms with Crippen LogP contribution in [0.2, 0.25) is 0 Å². The first-order valence-electron chi connectivity index (χ1n) is 9.33. The van der Waals surface area contributed by atoms with Crippen molar-refractivity contribution in [3.63, 3.8) is 0 Å². The van der Waals surface area contributed by atoms with Gasteiger partial charge >= 0.3 is 6.03 Å². The number of anilines is 2. The maximum absolute atomic E-state index is 14.0. The van der Waals surface area contributed by atoms with Crippen LogP contribution in [-0.2, 0) is 0 Å². The third kappa shape index (κ3) is 3.39. The maximum Gasteiger partial charge on any atom is 0.319 e. The monoisotopic (exact) mass is 396 g/mol. The van der Waals surface area contributed by atoms with Gasteiger partial charge in [-0.2, -0.15) is 15.0 Å². The summed E-state index contributed by atoms with van der Waals surface area (Å²) in [6.45, 7) is 1.28. The smallest absolute Gasteiger partial charge is 0.319 e. The van der Waals surface area contributed by atoms with Crippen molar-refractivity contribution in [2.24, 2.45) is 11.8 Å². The highest BCUT2D eigenvalue weighted by molar-refractivity contribution is 5.90. The molecule has 1 unspecified atom stereocenters. The van der Waals surface area contributed by atoms with Crippen LogP contribution in [0.3, 0.4) is 0 Å². The Morgan fingerprint density at radius 2 is 1.79 bits per heavy atom. The molecule has 1 saturated heterocycles. The van der Waals surface area contributed by atoms with Gasteiger partial charge in [0.2, 0.25) is 0 Å². The lowest BCUT2D eigenvalue weighted by atomic mass is 10.2. The second-order valence-electron chi connectivity index (χ2n) is 7.32. The van der Waals surface area contributed by atoms with Crippen LogP contribution in [-0.4, -0.2) is 40.2 Å². The quantitative estimate of drug-likeness (QED) is 0.711. The van der Waals surface area contributed by atoms with Gasteiger partial charge in [-0.05, 0) is 30.3 Å². The van der Waals surface area contributed by atoms with Gasteiger partial charge in [0.1, 0.15) is 11.6 Å².